The molecule has 3 fully saturated rings. The molecular formula is C11H19NO. The lowest BCUT2D eigenvalue weighted by molar-refractivity contribution is 0.0778. The smallest absolute Gasteiger partial charge is 0.0612 e. The summed E-state index contributed by atoms with van der Waals surface area (Å²) in [5.41, 5.74) is 0. The molecule has 3 saturated heterocycles. The molecule has 0 aromatic rings. The Labute approximate surface area is 80.0 Å². The number of piperidine rings is 1. The lowest BCUT2D eigenvalue weighted by atomic mass is 9.77. The Balaban J connectivity index is 1.65. The van der Waals surface area contributed by atoms with Gasteiger partial charge in [-0.3, -0.25) is 0 Å². The molecule has 4 atom stereocenters. The Morgan fingerprint density at radius 3 is 2.77 bits per heavy atom. The summed E-state index contributed by atoms with van der Waals surface area (Å²) in [6.07, 6.45) is 8.11. The van der Waals surface area contributed by atoms with Crippen molar-refractivity contribution in [1.82, 2.24) is 5.32 Å². The van der Waals surface area contributed by atoms with Crippen LogP contribution in [0.1, 0.15) is 32.1 Å². The first-order valence-electron chi connectivity index (χ1n) is 5.79. The van der Waals surface area contributed by atoms with Crippen molar-refractivity contribution in [3.8, 4) is 0 Å². The third-order valence-corrected chi connectivity index (χ3v) is 4.09. The van der Waals surface area contributed by atoms with Crippen LogP contribution < -0.4 is 5.32 Å². The van der Waals surface area contributed by atoms with E-state index in [-0.39, 0.29) is 0 Å². The van der Waals surface area contributed by atoms with Crippen molar-refractivity contribution in [2.45, 2.75) is 44.3 Å². The molecule has 0 amide bonds. The minimum Gasteiger partial charge on any atom is -0.375 e. The quantitative estimate of drug-likeness (QED) is 0.662. The molecule has 1 N–H and O–H groups in total. The molecule has 2 heteroatoms. The van der Waals surface area contributed by atoms with Crippen LogP contribution >= 0.6 is 0 Å². The molecule has 74 valence electrons. The van der Waals surface area contributed by atoms with Gasteiger partial charge in [0, 0.05) is 0 Å². The molecule has 3 aliphatic heterocycles. The van der Waals surface area contributed by atoms with Gasteiger partial charge in [-0.2, -0.15) is 0 Å². The van der Waals surface area contributed by atoms with Gasteiger partial charge >= 0.3 is 0 Å². The average molecular weight is 181 g/mol. The topological polar surface area (TPSA) is 21.3 Å². The highest BCUT2D eigenvalue weighted by atomic mass is 16.5. The van der Waals surface area contributed by atoms with E-state index in [1.807, 2.05) is 0 Å². The summed E-state index contributed by atoms with van der Waals surface area (Å²) in [5, 5.41) is 3.52. The number of ether oxygens (including phenoxy) is 1. The van der Waals surface area contributed by atoms with Crippen LogP contribution in [0.15, 0.2) is 0 Å². The number of hydrogen-bond acceptors (Lipinski definition) is 2. The number of nitrogens with one attached hydrogen (secondary N) is 1. The van der Waals surface area contributed by atoms with Crippen LogP contribution in [0.2, 0.25) is 0 Å². The maximum Gasteiger partial charge on any atom is 0.0612 e. The average Bonchev–Trinajstić information content (AvgIpc) is 2.80. The zero-order valence-corrected chi connectivity index (χ0v) is 8.17. The van der Waals surface area contributed by atoms with E-state index in [1.165, 1.54) is 45.2 Å². The molecular weight excluding hydrogens is 162 g/mol. The van der Waals surface area contributed by atoms with E-state index in [0.29, 0.717) is 12.2 Å². The second kappa shape index (κ2) is 3.25. The van der Waals surface area contributed by atoms with Gasteiger partial charge in [-0.1, -0.05) is 0 Å². The zero-order chi connectivity index (χ0) is 8.67. The third-order valence-electron chi connectivity index (χ3n) is 4.09. The summed E-state index contributed by atoms with van der Waals surface area (Å²) in [6, 6.07) is 0. The van der Waals surface area contributed by atoms with Crippen molar-refractivity contribution in [3.63, 3.8) is 0 Å². The van der Waals surface area contributed by atoms with E-state index >= 15 is 0 Å². The van der Waals surface area contributed by atoms with Crippen LogP contribution in [0.25, 0.3) is 0 Å². The normalized spacial score (nSPS) is 49.8. The molecule has 13 heavy (non-hydrogen) atoms. The van der Waals surface area contributed by atoms with E-state index < -0.39 is 0 Å². The molecule has 0 aromatic heterocycles. The van der Waals surface area contributed by atoms with Gasteiger partial charge in [-0.05, 0) is 57.0 Å². The van der Waals surface area contributed by atoms with Gasteiger partial charge in [-0.15, -0.1) is 0 Å². The summed E-state index contributed by atoms with van der Waals surface area (Å²) >= 11 is 0. The van der Waals surface area contributed by atoms with Gasteiger partial charge in [0.2, 0.25) is 0 Å². The predicted octanol–water partition coefficient (Wildman–Crippen LogP) is 1.55. The molecule has 0 spiro atoms. The molecule has 0 saturated carbocycles. The fraction of sp³-hybridized carbons (Fsp3) is 1.00. The predicted molar refractivity (Wildman–Crippen MR) is 51.6 cm³/mol. The second-order valence-corrected chi connectivity index (χ2v) is 4.88. The second-order valence-electron chi connectivity index (χ2n) is 4.88. The van der Waals surface area contributed by atoms with Gasteiger partial charge in [-0.25, -0.2) is 0 Å². The van der Waals surface area contributed by atoms with Gasteiger partial charge in [0.1, 0.15) is 0 Å². The van der Waals surface area contributed by atoms with Crippen LogP contribution in [0.4, 0.5) is 0 Å². The van der Waals surface area contributed by atoms with E-state index in [9.17, 15) is 0 Å². The fourth-order valence-electron chi connectivity index (χ4n) is 3.42. The zero-order valence-electron chi connectivity index (χ0n) is 8.17. The van der Waals surface area contributed by atoms with E-state index in [2.05, 4.69) is 5.32 Å². The van der Waals surface area contributed by atoms with Gasteiger partial charge in [0.15, 0.2) is 0 Å². The maximum absolute atomic E-state index is 5.91. The standard InChI is InChI=1S/C11H19NO/c1-2-8(7-12-5-1)10-6-9-3-4-11(10)13-9/h8-12H,1-7H2. The first-order valence-corrected chi connectivity index (χ1v) is 5.79. The Morgan fingerprint density at radius 1 is 1.15 bits per heavy atom. The molecule has 0 aliphatic carbocycles. The fourth-order valence-corrected chi connectivity index (χ4v) is 3.42. The summed E-state index contributed by atoms with van der Waals surface area (Å²) in [4.78, 5) is 0. The van der Waals surface area contributed by atoms with Crippen molar-refractivity contribution in [2.24, 2.45) is 11.8 Å². The maximum atomic E-state index is 5.91. The lowest BCUT2D eigenvalue weighted by Gasteiger charge is -2.31. The van der Waals surface area contributed by atoms with E-state index in [1.54, 1.807) is 0 Å². The molecule has 2 nitrogen and oxygen atoms in total. The van der Waals surface area contributed by atoms with Crippen molar-refractivity contribution >= 4 is 0 Å². The summed E-state index contributed by atoms with van der Waals surface area (Å²) in [7, 11) is 0. The highest BCUT2D eigenvalue weighted by Crippen LogP contribution is 2.43. The van der Waals surface area contributed by atoms with E-state index in [0.717, 1.165) is 11.8 Å². The highest BCUT2D eigenvalue weighted by molar-refractivity contribution is 4.93. The molecule has 4 unspecified atom stereocenters. The van der Waals surface area contributed by atoms with Crippen molar-refractivity contribution in [2.75, 3.05) is 13.1 Å². The number of rotatable bonds is 1. The van der Waals surface area contributed by atoms with Crippen molar-refractivity contribution in [1.29, 1.82) is 0 Å². The van der Waals surface area contributed by atoms with Crippen LogP contribution in [-0.2, 0) is 4.74 Å². The third kappa shape index (κ3) is 1.40. The largest absolute Gasteiger partial charge is 0.375 e. The molecule has 3 heterocycles. The monoisotopic (exact) mass is 181 g/mol. The van der Waals surface area contributed by atoms with Crippen molar-refractivity contribution < 1.29 is 4.74 Å². The Kier molecular flexibility index (Phi) is 2.06. The van der Waals surface area contributed by atoms with Crippen molar-refractivity contribution in [3.05, 3.63) is 0 Å². The van der Waals surface area contributed by atoms with Crippen LogP contribution in [0.3, 0.4) is 0 Å². The minimum absolute atomic E-state index is 0.634. The Bertz CT molecular complexity index is 189. The van der Waals surface area contributed by atoms with Gasteiger partial charge in [0.05, 0.1) is 12.2 Å². The molecule has 3 aliphatic rings. The Morgan fingerprint density at radius 2 is 2.15 bits per heavy atom. The number of fused-ring (bicyclic) bond motifs is 2. The lowest BCUT2D eigenvalue weighted by Crippen LogP contribution is -2.37. The van der Waals surface area contributed by atoms with E-state index in [4.69, 9.17) is 4.74 Å². The molecule has 3 rings (SSSR count). The molecule has 0 aromatic carbocycles. The van der Waals surface area contributed by atoms with Crippen LogP contribution in [0.5, 0.6) is 0 Å². The molecule has 2 bridgehead atoms. The first kappa shape index (κ1) is 8.25. The minimum atomic E-state index is 0.634. The SMILES string of the molecule is C1CNCC(C2CC3CCC2O3)C1. The van der Waals surface area contributed by atoms with Gasteiger partial charge in [0.25, 0.3) is 0 Å². The summed E-state index contributed by atoms with van der Waals surface area (Å²) in [6.45, 7) is 2.48. The highest BCUT2D eigenvalue weighted by Gasteiger charge is 2.44. The van der Waals surface area contributed by atoms with Crippen LogP contribution in [0, 0.1) is 11.8 Å². The van der Waals surface area contributed by atoms with Gasteiger partial charge < -0.3 is 10.1 Å². The van der Waals surface area contributed by atoms with Crippen LogP contribution in [-0.4, -0.2) is 25.3 Å². The Hall–Kier alpha value is -0.0800. The first-order chi connectivity index (χ1) is 6.43. The summed E-state index contributed by atoms with van der Waals surface area (Å²) < 4.78 is 5.91. The molecule has 0 radical (unpaired) electrons. The summed E-state index contributed by atoms with van der Waals surface area (Å²) in [5.74, 6) is 1.82. The number of hydrogen-bond donors (Lipinski definition) is 1.